The van der Waals surface area contributed by atoms with E-state index in [-0.39, 0.29) is 0 Å². The van der Waals surface area contributed by atoms with Gasteiger partial charge in [-0.3, -0.25) is 14.5 Å². The predicted molar refractivity (Wildman–Crippen MR) is 107 cm³/mol. The molecule has 2 aromatic rings. The van der Waals surface area contributed by atoms with Crippen LogP contribution in [0.5, 0.6) is 0 Å². The Labute approximate surface area is 162 Å². The van der Waals surface area contributed by atoms with Crippen molar-refractivity contribution in [3.8, 4) is 0 Å². The first kappa shape index (κ1) is 18.4. The van der Waals surface area contributed by atoms with Gasteiger partial charge in [-0.25, -0.2) is 9.97 Å². The molecule has 0 bridgehead atoms. The van der Waals surface area contributed by atoms with Crippen LogP contribution in [0, 0.1) is 0 Å². The van der Waals surface area contributed by atoms with Crippen LogP contribution in [0.2, 0.25) is 0 Å². The molecule has 146 valence electrons. The average Bonchev–Trinajstić information content (AvgIpc) is 2.97. The summed E-state index contributed by atoms with van der Waals surface area (Å²) >= 11 is 0. The van der Waals surface area contributed by atoms with E-state index in [0.29, 0.717) is 0 Å². The lowest BCUT2D eigenvalue weighted by Crippen LogP contribution is -2.46. The Kier molecular flexibility index (Phi) is 5.99. The second kappa shape index (κ2) is 8.80. The maximum Gasteiger partial charge on any atom is 0.225 e. The van der Waals surface area contributed by atoms with E-state index in [1.807, 2.05) is 18.5 Å². The van der Waals surface area contributed by atoms with E-state index in [0.717, 1.165) is 51.8 Å². The number of fused-ring (bicyclic) bond motifs is 1. The molecule has 7 nitrogen and oxygen atoms in total. The van der Waals surface area contributed by atoms with Gasteiger partial charge in [0, 0.05) is 64.8 Å². The van der Waals surface area contributed by atoms with Crippen molar-refractivity contribution >= 4 is 5.95 Å². The van der Waals surface area contributed by atoms with Crippen LogP contribution in [-0.4, -0.2) is 68.8 Å². The molecule has 0 N–H and O–H groups in total. The Morgan fingerprint density at radius 3 is 2.56 bits per heavy atom. The first-order valence-electron chi connectivity index (χ1n) is 10.3. The van der Waals surface area contributed by atoms with Crippen molar-refractivity contribution in [2.45, 2.75) is 45.8 Å². The van der Waals surface area contributed by atoms with E-state index in [1.165, 1.54) is 43.7 Å². The number of hydrogen-bond donors (Lipinski definition) is 0. The fourth-order valence-corrected chi connectivity index (χ4v) is 4.03. The van der Waals surface area contributed by atoms with Gasteiger partial charge in [0.25, 0.3) is 0 Å². The highest BCUT2D eigenvalue weighted by Crippen LogP contribution is 2.17. The molecule has 2 aromatic heterocycles. The van der Waals surface area contributed by atoms with Crippen LogP contribution >= 0.6 is 0 Å². The van der Waals surface area contributed by atoms with Crippen LogP contribution in [0.4, 0.5) is 5.95 Å². The van der Waals surface area contributed by atoms with Gasteiger partial charge in [0.15, 0.2) is 0 Å². The van der Waals surface area contributed by atoms with Crippen molar-refractivity contribution in [3.05, 3.63) is 35.9 Å². The third kappa shape index (κ3) is 4.65. The number of piperazine rings is 1. The normalized spacial score (nSPS) is 19.1. The number of aryl methyl sites for hydroxylation is 1. The van der Waals surface area contributed by atoms with Crippen LogP contribution < -0.4 is 4.90 Å². The van der Waals surface area contributed by atoms with E-state index in [2.05, 4.69) is 42.3 Å². The minimum Gasteiger partial charge on any atom is -0.338 e. The number of hydrogen-bond acceptors (Lipinski definition) is 6. The molecule has 4 rings (SSSR count). The zero-order chi connectivity index (χ0) is 18.5. The Hall–Kier alpha value is -1.99. The lowest BCUT2D eigenvalue weighted by Gasteiger charge is -2.34. The van der Waals surface area contributed by atoms with Crippen LogP contribution in [0.15, 0.2) is 24.5 Å². The fourth-order valence-electron chi connectivity index (χ4n) is 4.03. The summed E-state index contributed by atoms with van der Waals surface area (Å²) in [5, 5.41) is 4.91. The minimum absolute atomic E-state index is 0.845. The SMILES string of the molecule is CCCCN1CCCn2nc(CN3CCN(c4ncccn4)CC3)cc2C1. The van der Waals surface area contributed by atoms with Crippen LogP contribution in [0.1, 0.15) is 37.6 Å². The van der Waals surface area contributed by atoms with Gasteiger partial charge in [-0.1, -0.05) is 13.3 Å². The number of anilines is 1. The lowest BCUT2D eigenvalue weighted by molar-refractivity contribution is 0.244. The Morgan fingerprint density at radius 1 is 0.963 bits per heavy atom. The van der Waals surface area contributed by atoms with Crippen molar-refractivity contribution in [3.63, 3.8) is 0 Å². The number of aromatic nitrogens is 4. The highest BCUT2D eigenvalue weighted by Gasteiger charge is 2.21. The number of rotatable bonds is 6. The molecule has 2 aliphatic heterocycles. The maximum absolute atomic E-state index is 4.91. The van der Waals surface area contributed by atoms with E-state index < -0.39 is 0 Å². The van der Waals surface area contributed by atoms with Gasteiger partial charge in [-0.2, -0.15) is 5.10 Å². The van der Waals surface area contributed by atoms with Gasteiger partial charge in [-0.15, -0.1) is 0 Å². The van der Waals surface area contributed by atoms with Crippen LogP contribution in [0.3, 0.4) is 0 Å². The highest BCUT2D eigenvalue weighted by molar-refractivity contribution is 5.29. The topological polar surface area (TPSA) is 53.3 Å². The van der Waals surface area contributed by atoms with Crippen molar-refractivity contribution in [1.82, 2.24) is 29.5 Å². The third-order valence-corrected chi connectivity index (χ3v) is 5.56. The molecule has 0 spiro atoms. The van der Waals surface area contributed by atoms with Gasteiger partial charge in [0.1, 0.15) is 0 Å². The largest absolute Gasteiger partial charge is 0.338 e. The van der Waals surface area contributed by atoms with E-state index >= 15 is 0 Å². The van der Waals surface area contributed by atoms with Crippen molar-refractivity contribution in [2.75, 3.05) is 44.2 Å². The maximum atomic E-state index is 4.91. The molecule has 0 saturated carbocycles. The summed E-state index contributed by atoms with van der Waals surface area (Å²) in [6.45, 7) is 11.7. The first-order valence-corrected chi connectivity index (χ1v) is 10.3. The predicted octanol–water partition coefficient (Wildman–Crippen LogP) is 2.00. The van der Waals surface area contributed by atoms with Crippen molar-refractivity contribution < 1.29 is 0 Å². The Morgan fingerprint density at radius 2 is 1.78 bits per heavy atom. The van der Waals surface area contributed by atoms with Crippen LogP contribution in [0.25, 0.3) is 0 Å². The Balaban J connectivity index is 1.32. The summed E-state index contributed by atoms with van der Waals surface area (Å²) in [6.07, 6.45) is 7.39. The molecule has 4 heterocycles. The molecule has 0 aliphatic carbocycles. The molecule has 0 radical (unpaired) electrons. The van der Waals surface area contributed by atoms with Crippen LogP contribution in [-0.2, 0) is 19.6 Å². The van der Waals surface area contributed by atoms with Gasteiger partial charge in [0.2, 0.25) is 5.95 Å². The van der Waals surface area contributed by atoms with Gasteiger partial charge < -0.3 is 4.90 Å². The standard InChI is InChI=1S/C20H31N7/c1-2-3-8-24-9-5-10-27-19(17-24)15-18(23-27)16-25-11-13-26(14-12-25)20-21-6-4-7-22-20/h4,6-7,15H,2-3,5,8-14,16-17H2,1H3. The van der Waals surface area contributed by atoms with E-state index in [9.17, 15) is 0 Å². The number of nitrogens with zero attached hydrogens (tertiary/aromatic N) is 7. The second-order valence-corrected chi connectivity index (χ2v) is 7.65. The Bertz CT molecular complexity index is 706. The molecule has 2 aliphatic rings. The first-order chi connectivity index (χ1) is 13.3. The smallest absolute Gasteiger partial charge is 0.225 e. The lowest BCUT2D eigenvalue weighted by atomic mass is 10.2. The molecule has 0 unspecified atom stereocenters. The summed E-state index contributed by atoms with van der Waals surface area (Å²) in [4.78, 5) is 16.1. The van der Waals surface area contributed by atoms with Gasteiger partial charge >= 0.3 is 0 Å². The zero-order valence-electron chi connectivity index (χ0n) is 16.4. The third-order valence-electron chi connectivity index (χ3n) is 5.56. The van der Waals surface area contributed by atoms with Gasteiger partial charge in [-0.05, 0) is 31.5 Å². The molecule has 27 heavy (non-hydrogen) atoms. The van der Waals surface area contributed by atoms with Crippen molar-refractivity contribution in [2.24, 2.45) is 0 Å². The summed E-state index contributed by atoms with van der Waals surface area (Å²) in [7, 11) is 0. The second-order valence-electron chi connectivity index (χ2n) is 7.65. The van der Waals surface area contributed by atoms with Crippen molar-refractivity contribution in [1.29, 1.82) is 0 Å². The monoisotopic (exact) mass is 369 g/mol. The summed E-state index contributed by atoms with van der Waals surface area (Å²) in [6, 6.07) is 4.20. The molecular weight excluding hydrogens is 338 g/mol. The molecule has 0 amide bonds. The molecule has 0 atom stereocenters. The highest BCUT2D eigenvalue weighted by atomic mass is 15.3. The molecule has 1 fully saturated rings. The van der Waals surface area contributed by atoms with E-state index in [1.54, 1.807) is 0 Å². The molecule has 0 aromatic carbocycles. The average molecular weight is 370 g/mol. The number of unbranched alkanes of at least 4 members (excludes halogenated alkanes) is 1. The minimum atomic E-state index is 0.845. The quantitative estimate of drug-likeness (QED) is 0.776. The van der Waals surface area contributed by atoms with Gasteiger partial charge in [0.05, 0.1) is 11.4 Å². The zero-order valence-corrected chi connectivity index (χ0v) is 16.4. The summed E-state index contributed by atoms with van der Waals surface area (Å²) < 4.78 is 2.25. The van der Waals surface area contributed by atoms with E-state index in [4.69, 9.17) is 5.10 Å². The summed E-state index contributed by atoms with van der Waals surface area (Å²) in [5.74, 6) is 0.845. The molecular formula is C20H31N7. The fraction of sp³-hybridized carbons (Fsp3) is 0.650. The summed E-state index contributed by atoms with van der Waals surface area (Å²) in [5.41, 5.74) is 2.60. The molecule has 7 heteroatoms. The molecule has 1 saturated heterocycles.